The highest BCUT2D eigenvalue weighted by Gasteiger charge is 2.33. The summed E-state index contributed by atoms with van der Waals surface area (Å²) < 4.78 is 44.7. The molecule has 2 heterocycles. The molecule has 0 aliphatic carbocycles. The second kappa shape index (κ2) is 9.37. The van der Waals surface area contributed by atoms with E-state index < -0.39 is 17.6 Å². The molecule has 0 bridgehead atoms. The van der Waals surface area contributed by atoms with E-state index in [9.17, 15) is 18.0 Å². The first kappa shape index (κ1) is 25.1. The predicted octanol–water partition coefficient (Wildman–Crippen LogP) is 5.96. The topological polar surface area (TPSA) is 90.8 Å². The number of nitrogens with zero attached hydrogens (tertiary/aromatic N) is 4. The standard InChI is InChI=1S/C28H25F3N6O/c1-16-8-10-18(11-9-16)22-14-24(36(3)35-22)33-27-34-25-17(2)20(26(32)38)12-13-23(25)37(27)15-19-6-4-5-7-21(19)28(29,30)31/h4-14H,15H2,1-3H3,(H2,32,38)(H,33,34). The number of rotatable bonds is 6. The van der Waals surface area contributed by atoms with E-state index >= 15 is 0 Å². The fourth-order valence-electron chi connectivity index (χ4n) is 4.52. The molecular weight excluding hydrogens is 493 g/mol. The summed E-state index contributed by atoms with van der Waals surface area (Å²) in [6.07, 6.45) is -4.51. The molecule has 5 aromatic rings. The Balaban J connectivity index is 1.63. The zero-order chi connectivity index (χ0) is 27.2. The molecule has 194 valence electrons. The van der Waals surface area contributed by atoms with Crippen LogP contribution in [0, 0.1) is 13.8 Å². The number of anilines is 2. The van der Waals surface area contributed by atoms with Crippen molar-refractivity contribution in [3.05, 3.63) is 94.5 Å². The number of nitrogens with one attached hydrogen (secondary N) is 1. The Morgan fingerprint density at radius 1 is 1.03 bits per heavy atom. The molecule has 0 aliphatic rings. The van der Waals surface area contributed by atoms with Gasteiger partial charge in [-0.3, -0.25) is 9.48 Å². The van der Waals surface area contributed by atoms with Crippen LogP contribution in [0.3, 0.4) is 0 Å². The van der Waals surface area contributed by atoms with Crippen molar-refractivity contribution < 1.29 is 18.0 Å². The molecule has 0 atom stereocenters. The lowest BCUT2D eigenvalue weighted by Crippen LogP contribution is -2.14. The van der Waals surface area contributed by atoms with Gasteiger partial charge in [0.15, 0.2) is 0 Å². The minimum atomic E-state index is -4.51. The van der Waals surface area contributed by atoms with Crippen molar-refractivity contribution in [3.63, 3.8) is 0 Å². The summed E-state index contributed by atoms with van der Waals surface area (Å²) in [5.74, 6) is 0.291. The molecule has 3 aromatic carbocycles. The van der Waals surface area contributed by atoms with Crippen LogP contribution in [0.25, 0.3) is 22.3 Å². The van der Waals surface area contributed by atoms with Gasteiger partial charge in [-0.2, -0.15) is 18.3 Å². The molecule has 0 aliphatic heterocycles. The van der Waals surface area contributed by atoms with Gasteiger partial charge in [0.1, 0.15) is 5.82 Å². The SMILES string of the molecule is Cc1ccc(-c2cc(Nc3nc4c(C)c(C(N)=O)ccc4n3Cc3ccccc3C(F)(F)F)n(C)n2)cc1. The number of carbonyl (C=O) groups excluding carboxylic acids is 1. The van der Waals surface area contributed by atoms with Crippen LogP contribution in [0.4, 0.5) is 24.9 Å². The van der Waals surface area contributed by atoms with Crippen LogP contribution in [-0.4, -0.2) is 25.2 Å². The number of aromatic nitrogens is 4. The number of halogens is 3. The van der Waals surface area contributed by atoms with Crippen molar-refractivity contribution in [1.82, 2.24) is 19.3 Å². The Morgan fingerprint density at radius 3 is 2.42 bits per heavy atom. The van der Waals surface area contributed by atoms with Crippen LogP contribution in [-0.2, 0) is 19.8 Å². The number of amides is 1. The van der Waals surface area contributed by atoms with E-state index in [1.54, 1.807) is 41.4 Å². The van der Waals surface area contributed by atoms with Crippen molar-refractivity contribution in [3.8, 4) is 11.3 Å². The zero-order valence-electron chi connectivity index (χ0n) is 21.0. The Kier molecular flexibility index (Phi) is 6.18. The number of fused-ring (bicyclic) bond motifs is 1. The highest BCUT2D eigenvalue weighted by Crippen LogP contribution is 2.34. The highest BCUT2D eigenvalue weighted by molar-refractivity contribution is 5.99. The maximum absolute atomic E-state index is 13.8. The summed E-state index contributed by atoms with van der Waals surface area (Å²) in [6, 6.07) is 18.4. The first-order valence-electron chi connectivity index (χ1n) is 11.9. The molecule has 7 nitrogen and oxygen atoms in total. The molecule has 1 amide bonds. The molecule has 0 unspecified atom stereocenters. The predicted molar refractivity (Wildman–Crippen MR) is 140 cm³/mol. The van der Waals surface area contributed by atoms with E-state index in [-0.39, 0.29) is 12.1 Å². The van der Waals surface area contributed by atoms with Gasteiger partial charge in [-0.25, -0.2) is 4.98 Å². The van der Waals surface area contributed by atoms with Crippen LogP contribution < -0.4 is 11.1 Å². The number of alkyl halides is 3. The van der Waals surface area contributed by atoms with Gasteiger partial charge in [0, 0.05) is 24.2 Å². The van der Waals surface area contributed by atoms with Gasteiger partial charge in [0.25, 0.3) is 0 Å². The highest BCUT2D eigenvalue weighted by atomic mass is 19.4. The van der Waals surface area contributed by atoms with Crippen molar-refractivity contribution in [2.24, 2.45) is 12.8 Å². The summed E-state index contributed by atoms with van der Waals surface area (Å²) in [4.78, 5) is 16.6. The molecule has 2 aromatic heterocycles. The van der Waals surface area contributed by atoms with Crippen molar-refractivity contribution in [2.75, 3.05) is 5.32 Å². The molecule has 0 saturated heterocycles. The van der Waals surface area contributed by atoms with Gasteiger partial charge in [0.2, 0.25) is 11.9 Å². The molecule has 0 saturated carbocycles. The fourth-order valence-corrected chi connectivity index (χ4v) is 4.52. The zero-order valence-corrected chi connectivity index (χ0v) is 21.0. The Morgan fingerprint density at radius 2 is 1.74 bits per heavy atom. The Hall–Kier alpha value is -4.60. The molecule has 0 radical (unpaired) electrons. The van der Waals surface area contributed by atoms with E-state index in [2.05, 4.69) is 10.4 Å². The lowest BCUT2D eigenvalue weighted by atomic mass is 10.1. The minimum Gasteiger partial charge on any atom is -0.366 e. The van der Waals surface area contributed by atoms with Crippen LogP contribution in [0.15, 0.2) is 66.7 Å². The van der Waals surface area contributed by atoms with E-state index in [0.29, 0.717) is 33.9 Å². The monoisotopic (exact) mass is 518 g/mol. The Bertz CT molecular complexity index is 1660. The van der Waals surface area contributed by atoms with Crippen LogP contribution >= 0.6 is 0 Å². The number of imidazole rings is 1. The van der Waals surface area contributed by atoms with E-state index in [4.69, 9.17) is 10.7 Å². The third kappa shape index (κ3) is 4.60. The third-order valence-electron chi connectivity index (χ3n) is 6.56. The molecule has 5 rings (SSSR count). The average Bonchev–Trinajstić information content (AvgIpc) is 3.40. The summed E-state index contributed by atoms with van der Waals surface area (Å²) in [5, 5.41) is 7.82. The van der Waals surface area contributed by atoms with E-state index in [1.807, 2.05) is 37.3 Å². The first-order chi connectivity index (χ1) is 18.0. The fraction of sp³-hybridized carbons (Fsp3) is 0.179. The maximum atomic E-state index is 13.8. The molecule has 38 heavy (non-hydrogen) atoms. The maximum Gasteiger partial charge on any atom is 0.416 e. The summed E-state index contributed by atoms with van der Waals surface area (Å²) in [7, 11) is 1.77. The smallest absolute Gasteiger partial charge is 0.366 e. The second-order valence-corrected chi connectivity index (χ2v) is 9.18. The quantitative estimate of drug-likeness (QED) is 0.290. The lowest BCUT2D eigenvalue weighted by molar-refractivity contribution is -0.138. The number of hydrogen-bond donors (Lipinski definition) is 2. The normalized spacial score (nSPS) is 11.7. The number of hydrogen-bond acceptors (Lipinski definition) is 4. The molecule has 3 N–H and O–H groups in total. The van der Waals surface area contributed by atoms with Crippen molar-refractivity contribution in [1.29, 1.82) is 0 Å². The minimum absolute atomic E-state index is 0.0873. The molecule has 0 spiro atoms. The van der Waals surface area contributed by atoms with Gasteiger partial charge < -0.3 is 15.6 Å². The van der Waals surface area contributed by atoms with Gasteiger partial charge >= 0.3 is 6.18 Å². The number of carbonyl (C=O) groups is 1. The number of primary amides is 1. The molecule has 10 heteroatoms. The average molecular weight is 519 g/mol. The van der Waals surface area contributed by atoms with Gasteiger partial charge in [-0.05, 0) is 43.2 Å². The summed E-state index contributed by atoms with van der Waals surface area (Å²) in [5.41, 5.74) is 9.55. The Labute approximate surface area is 216 Å². The van der Waals surface area contributed by atoms with Gasteiger partial charge in [-0.1, -0.05) is 48.0 Å². The first-order valence-corrected chi connectivity index (χ1v) is 11.9. The number of aryl methyl sites for hydroxylation is 3. The second-order valence-electron chi connectivity index (χ2n) is 9.18. The van der Waals surface area contributed by atoms with Gasteiger partial charge in [0.05, 0.1) is 28.8 Å². The molecular formula is C28H25F3N6O. The third-order valence-corrected chi connectivity index (χ3v) is 6.56. The molecule has 0 fully saturated rings. The van der Waals surface area contributed by atoms with Crippen LogP contribution in [0.2, 0.25) is 0 Å². The number of benzene rings is 3. The van der Waals surface area contributed by atoms with Crippen LogP contribution in [0.1, 0.15) is 32.6 Å². The van der Waals surface area contributed by atoms with Crippen molar-refractivity contribution >= 4 is 28.7 Å². The lowest BCUT2D eigenvalue weighted by Gasteiger charge is -2.16. The van der Waals surface area contributed by atoms with Gasteiger partial charge in [-0.15, -0.1) is 0 Å². The van der Waals surface area contributed by atoms with Crippen molar-refractivity contribution in [2.45, 2.75) is 26.6 Å². The largest absolute Gasteiger partial charge is 0.416 e. The summed E-state index contributed by atoms with van der Waals surface area (Å²) in [6.45, 7) is 3.61. The van der Waals surface area contributed by atoms with E-state index in [0.717, 1.165) is 22.9 Å². The number of nitrogens with two attached hydrogens (primary N) is 1. The van der Waals surface area contributed by atoms with E-state index in [1.165, 1.54) is 12.1 Å². The van der Waals surface area contributed by atoms with Crippen LogP contribution in [0.5, 0.6) is 0 Å². The summed E-state index contributed by atoms with van der Waals surface area (Å²) >= 11 is 0.